The zero-order valence-corrected chi connectivity index (χ0v) is 14.7. The molecule has 0 bridgehead atoms. The molecule has 1 atom stereocenters. The van der Waals surface area contributed by atoms with E-state index < -0.39 is 0 Å². The van der Waals surface area contributed by atoms with Gasteiger partial charge in [0.1, 0.15) is 5.82 Å². The van der Waals surface area contributed by atoms with Crippen molar-refractivity contribution in [2.45, 2.75) is 0 Å². The van der Waals surface area contributed by atoms with Crippen molar-refractivity contribution in [2.24, 2.45) is 13.0 Å². The molecule has 1 unspecified atom stereocenters. The quantitative estimate of drug-likeness (QED) is 0.888. The standard InChI is InChI=1S/C18H25N5O2/c1-22-8-9-25-13-14(12-22)10-19-18(24)21-17-16(11-20-23(17)2)15-6-4-3-5-7-15/h3-7,11,14H,8-10,12-13H2,1-2H3,(H2,19,21,24). The molecule has 2 N–H and O–H groups in total. The molecule has 2 aromatic rings. The summed E-state index contributed by atoms with van der Waals surface area (Å²) in [6.07, 6.45) is 1.76. The van der Waals surface area contributed by atoms with E-state index in [1.165, 1.54) is 0 Å². The Morgan fingerprint density at radius 3 is 2.92 bits per heavy atom. The van der Waals surface area contributed by atoms with Gasteiger partial charge in [0.05, 0.1) is 19.4 Å². The number of hydrogen-bond donors (Lipinski definition) is 2. The highest BCUT2D eigenvalue weighted by atomic mass is 16.5. The third-order valence-corrected chi connectivity index (χ3v) is 4.35. The molecule has 25 heavy (non-hydrogen) atoms. The average molecular weight is 343 g/mol. The number of aryl methyl sites for hydroxylation is 1. The Labute approximate surface area is 148 Å². The SMILES string of the molecule is CN1CCOCC(CNC(=O)Nc2c(-c3ccccc3)cnn2C)C1. The molecule has 3 rings (SSSR count). The van der Waals surface area contributed by atoms with Gasteiger partial charge in [0.15, 0.2) is 0 Å². The molecular weight excluding hydrogens is 318 g/mol. The fourth-order valence-electron chi connectivity index (χ4n) is 2.98. The van der Waals surface area contributed by atoms with E-state index in [0.717, 1.165) is 30.8 Å². The van der Waals surface area contributed by atoms with Crippen LogP contribution >= 0.6 is 0 Å². The summed E-state index contributed by atoms with van der Waals surface area (Å²) >= 11 is 0. The van der Waals surface area contributed by atoms with Crippen LogP contribution in [-0.2, 0) is 11.8 Å². The van der Waals surface area contributed by atoms with Gasteiger partial charge in [-0.15, -0.1) is 0 Å². The van der Waals surface area contributed by atoms with Gasteiger partial charge < -0.3 is 15.0 Å². The molecule has 0 aliphatic carbocycles. The molecule has 1 aliphatic heterocycles. The van der Waals surface area contributed by atoms with Crippen molar-refractivity contribution < 1.29 is 9.53 Å². The minimum absolute atomic E-state index is 0.229. The number of nitrogens with zero attached hydrogens (tertiary/aromatic N) is 3. The fourth-order valence-corrected chi connectivity index (χ4v) is 2.98. The lowest BCUT2D eigenvalue weighted by atomic mass is 10.1. The van der Waals surface area contributed by atoms with Crippen LogP contribution in [-0.4, -0.2) is 60.6 Å². The van der Waals surface area contributed by atoms with Crippen LogP contribution in [0.1, 0.15) is 0 Å². The van der Waals surface area contributed by atoms with Crippen LogP contribution in [0.4, 0.5) is 10.6 Å². The highest BCUT2D eigenvalue weighted by Crippen LogP contribution is 2.26. The monoisotopic (exact) mass is 343 g/mol. The van der Waals surface area contributed by atoms with E-state index in [0.29, 0.717) is 24.9 Å². The summed E-state index contributed by atoms with van der Waals surface area (Å²) in [5, 5.41) is 10.1. The molecule has 2 amide bonds. The van der Waals surface area contributed by atoms with Gasteiger partial charge in [0, 0.05) is 38.2 Å². The van der Waals surface area contributed by atoms with Gasteiger partial charge in [-0.3, -0.25) is 10.00 Å². The Kier molecular flexibility index (Phi) is 5.67. The predicted molar refractivity (Wildman–Crippen MR) is 97.5 cm³/mol. The second-order valence-corrected chi connectivity index (χ2v) is 6.43. The molecule has 134 valence electrons. The van der Waals surface area contributed by atoms with Crippen molar-refractivity contribution in [1.82, 2.24) is 20.0 Å². The molecule has 0 radical (unpaired) electrons. The number of rotatable bonds is 4. The smallest absolute Gasteiger partial charge is 0.320 e. The van der Waals surface area contributed by atoms with E-state index in [2.05, 4.69) is 27.7 Å². The lowest BCUT2D eigenvalue weighted by Gasteiger charge is -2.19. The van der Waals surface area contributed by atoms with Gasteiger partial charge in [-0.1, -0.05) is 30.3 Å². The number of carbonyl (C=O) groups excluding carboxylic acids is 1. The summed E-state index contributed by atoms with van der Waals surface area (Å²) in [6.45, 7) is 3.84. The van der Waals surface area contributed by atoms with Gasteiger partial charge in [0.25, 0.3) is 0 Å². The molecule has 7 nitrogen and oxygen atoms in total. The van der Waals surface area contributed by atoms with Crippen molar-refractivity contribution in [3.8, 4) is 11.1 Å². The molecule has 1 saturated heterocycles. The molecule has 2 heterocycles. The van der Waals surface area contributed by atoms with Crippen LogP contribution in [0, 0.1) is 5.92 Å². The third-order valence-electron chi connectivity index (χ3n) is 4.35. The molecule has 1 aliphatic rings. The Morgan fingerprint density at radius 2 is 2.12 bits per heavy atom. The molecule has 7 heteroatoms. The van der Waals surface area contributed by atoms with Crippen LogP contribution in [0.3, 0.4) is 0 Å². The Bertz CT molecular complexity index is 701. The Morgan fingerprint density at radius 1 is 1.32 bits per heavy atom. The van der Waals surface area contributed by atoms with E-state index in [4.69, 9.17) is 4.74 Å². The van der Waals surface area contributed by atoms with E-state index >= 15 is 0 Å². The first-order valence-corrected chi connectivity index (χ1v) is 8.52. The zero-order valence-electron chi connectivity index (χ0n) is 14.7. The molecule has 1 aromatic heterocycles. The van der Waals surface area contributed by atoms with Crippen LogP contribution < -0.4 is 10.6 Å². The first-order chi connectivity index (χ1) is 12.1. The van der Waals surface area contributed by atoms with Gasteiger partial charge in [-0.2, -0.15) is 5.10 Å². The predicted octanol–water partition coefficient (Wildman–Crippen LogP) is 1.79. The molecule has 0 spiro atoms. The number of hydrogen-bond acceptors (Lipinski definition) is 4. The first-order valence-electron chi connectivity index (χ1n) is 8.52. The molecular formula is C18H25N5O2. The summed E-state index contributed by atoms with van der Waals surface area (Å²) in [5.41, 5.74) is 1.92. The van der Waals surface area contributed by atoms with E-state index in [1.54, 1.807) is 10.9 Å². The van der Waals surface area contributed by atoms with Crippen molar-refractivity contribution in [1.29, 1.82) is 0 Å². The highest BCUT2D eigenvalue weighted by Gasteiger charge is 2.18. The maximum atomic E-state index is 12.3. The average Bonchev–Trinajstić information content (AvgIpc) is 2.84. The second kappa shape index (κ2) is 8.13. The second-order valence-electron chi connectivity index (χ2n) is 6.43. The molecule has 1 fully saturated rings. The van der Waals surface area contributed by atoms with E-state index in [-0.39, 0.29) is 6.03 Å². The number of ether oxygens (including phenoxy) is 1. The molecule has 1 aromatic carbocycles. The lowest BCUT2D eigenvalue weighted by molar-refractivity contribution is 0.122. The first kappa shape index (κ1) is 17.4. The largest absolute Gasteiger partial charge is 0.380 e. The number of nitrogens with one attached hydrogen (secondary N) is 2. The lowest BCUT2D eigenvalue weighted by Crippen LogP contribution is -2.38. The maximum absolute atomic E-state index is 12.3. The minimum Gasteiger partial charge on any atom is -0.380 e. The molecule has 0 saturated carbocycles. The third kappa shape index (κ3) is 4.58. The number of likely N-dealkylation sites (N-methyl/N-ethyl adjacent to an activating group) is 1. The van der Waals surface area contributed by atoms with Crippen LogP contribution in [0.5, 0.6) is 0 Å². The van der Waals surface area contributed by atoms with Gasteiger partial charge in [-0.25, -0.2) is 4.79 Å². The van der Waals surface area contributed by atoms with E-state index in [9.17, 15) is 4.79 Å². The summed E-state index contributed by atoms with van der Waals surface area (Å²) in [7, 11) is 3.89. The highest BCUT2D eigenvalue weighted by molar-refractivity contribution is 5.93. The van der Waals surface area contributed by atoms with Gasteiger partial charge in [0.2, 0.25) is 0 Å². The van der Waals surface area contributed by atoms with Crippen molar-refractivity contribution >= 4 is 11.8 Å². The van der Waals surface area contributed by atoms with Crippen molar-refractivity contribution in [3.05, 3.63) is 36.5 Å². The van der Waals surface area contributed by atoms with Crippen molar-refractivity contribution in [3.63, 3.8) is 0 Å². The maximum Gasteiger partial charge on any atom is 0.320 e. The fraction of sp³-hybridized carbons (Fsp3) is 0.444. The summed E-state index contributed by atoms with van der Waals surface area (Å²) in [5.74, 6) is 0.969. The normalized spacial score (nSPS) is 18.6. The number of urea groups is 1. The van der Waals surface area contributed by atoms with Crippen LogP contribution in [0.2, 0.25) is 0 Å². The summed E-state index contributed by atoms with van der Waals surface area (Å²) in [4.78, 5) is 14.6. The number of benzene rings is 1. The summed E-state index contributed by atoms with van der Waals surface area (Å²) in [6, 6.07) is 9.67. The number of anilines is 1. The van der Waals surface area contributed by atoms with Gasteiger partial charge >= 0.3 is 6.03 Å². The minimum atomic E-state index is -0.229. The Balaban J connectivity index is 1.61. The number of amides is 2. The number of aromatic nitrogens is 2. The topological polar surface area (TPSA) is 71.4 Å². The van der Waals surface area contributed by atoms with E-state index in [1.807, 2.05) is 37.4 Å². The van der Waals surface area contributed by atoms with Crippen LogP contribution in [0.15, 0.2) is 36.5 Å². The van der Waals surface area contributed by atoms with Crippen LogP contribution in [0.25, 0.3) is 11.1 Å². The summed E-state index contributed by atoms with van der Waals surface area (Å²) < 4.78 is 7.26. The van der Waals surface area contributed by atoms with Gasteiger partial charge in [-0.05, 0) is 12.6 Å². The number of carbonyl (C=O) groups is 1. The zero-order chi connectivity index (χ0) is 17.6. The Hall–Kier alpha value is -2.38. The van der Waals surface area contributed by atoms with Crippen molar-refractivity contribution in [2.75, 3.05) is 45.2 Å².